The number of benzene rings is 4. The Labute approximate surface area is 281 Å². The van der Waals surface area contributed by atoms with Crippen molar-refractivity contribution in [1.82, 2.24) is 10.2 Å². The third kappa shape index (κ3) is 11.6. The molecule has 0 aromatic heterocycles. The van der Waals surface area contributed by atoms with Crippen molar-refractivity contribution in [3.63, 3.8) is 0 Å². The lowest BCUT2D eigenvalue weighted by molar-refractivity contribution is 0.170. The largest absolute Gasteiger partial charge is 0.493 e. The predicted octanol–water partition coefficient (Wildman–Crippen LogP) is 9.20. The van der Waals surface area contributed by atoms with Crippen molar-refractivity contribution in [2.45, 2.75) is 71.6 Å². The topological polar surface area (TPSA) is 71.0 Å². The van der Waals surface area contributed by atoms with Crippen LogP contribution in [-0.4, -0.2) is 47.9 Å². The standard InChI is InChI=1S/C41H50N2O4/c1-31(2)43(32(3)4)27-25-38(36-16-9-6-10-17-36)39-29-34(20-23-40(39)47-30-35-14-7-5-8-15-35)13-11-12-28-46-37-21-18-33(19-22-37)24-26-42-41(44)45/h5-11,13-23,29,31-32,38,42H,12,24-28,30H2,1-4H3,(H,44,45)/t38-/m1/s1. The van der Waals surface area contributed by atoms with Gasteiger partial charge in [0.05, 0.1) is 6.61 Å². The first-order valence-electron chi connectivity index (χ1n) is 16.8. The van der Waals surface area contributed by atoms with Crippen LogP contribution >= 0.6 is 0 Å². The van der Waals surface area contributed by atoms with Gasteiger partial charge in [0.15, 0.2) is 0 Å². The van der Waals surface area contributed by atoms with Crippen LogP contribution in [-0.2, 0) is 13.0 Å². The molecule has 4 aromatic rings. The van der Waals surface area contributed by atoms with Crippen LogP contribution in [0.1, 0.15) is 74.3 Å². The van der Waals surface area contributed by atoms with E-state index in [1.807, 2.05) is 42.5 Å². The van der Waals surface area contributed by atoms with E-state index in [1.54, 1.807) is 0 Å². The number of hydrogen-bond acceptors (Lipinski definition) is 4. The van der Waals surface area contributed by atoms with Crippen LogP contribution in [0.2, 0.25) is 0 Å². The molecule has 0 bridgehead atoms. The molecule has 47 heavy (non-hydrogen) atoms. The highest BCUT2D eigenvalue weighted by Crippen LogP contribution is 2.36. The van der Waals surface area contributed by atoms with Crippen LogP contribution < -0.4 is 14.8 Å². The van der Waals surface area contributed by atoms with Gasteiger partial charge in [0.2, 0.25) is 0 Å². The van der Waals surface area contributed by atoms with E-state index >= 15 is 0 Å². The molecule has 248 valence electrons. The van der Waals surface area contributed by atoms with Crippen molar-refractivity contribution >= 4 is 12.2 Å². The number of nitrogens with zero attached hydrogens (tertiary/aromatic N) is 1. The molecule has 0 unspecified atom stereocenters. The average Bonchev–Trinajstić information content (AvgIpc) is 3.07. The number of nitrogens with one attached hydrogen (secondary N) is 1. The van der Waals surface area contributed by atoms with Gasteiger partial charge in [-0.15, -0.1) is 0 Å². The van der Waals surface area contributed by atoms with Gasteiger partial charge in [0.25, 0.3) is 0 Å². The maximum atomic E-state index is 10.6. The van der Waals surface area contributed by atoms with E-state index in [9.17, 15) is 4.79 Å². The molecule has 0 aliphatic carbocycles. The lowest BCUT2D eigenvalue weighted by atomic mass is 9.86. The summed E-state index contributed by atoms with van der Waals surface area (Å²) in [6.45, 7) is 11.6. The number of carbonyl (C=O) groups is 1. The summed E-state index contributed by atoms with van der Waals surface area (Å²) < 4.78 is 12.5. The van der Waals surface area contributed by atoms with E-state index in [4.69, 9.17) is 14.6 Å². The second-order valence-electron chi connectivity index (χ2n) is 12.4. The molecule has 0 fully saturated rings. The van der Waals surface area contributed by atoms with Gasteiger partial charge in [-0.3, -0.25) is 4.90 Å². The van der Waals surface area contributed by atoms with Crippen LogP contribution in [0, 0.1) is 0 Å². The van der Waals surface area contributed by atoms with Gasteiger partial charge in [-0.2, -0.15) is 0 Å². The molecule has 0 spiro atoms. The molecule has 0 radical (unpaired) electrons. The molecule has 4 rings (SSSR count). The lowest BCUT2D eigenvalue weighted by Crippen LogP contribution is -2.38. The summed E-state index contributed by atoms with van der Waals surface area (Å²) in [7, 11) is 0. The van der Waals surface area contributed by atoms with Crippen molar-refractivity contribution in [1.29, 1.82) is 0 Å². The Hall–Kier alpha value is -4.55. The third-order valence-corrected chi connectivity index (χ3v) is 8.33. The van der Waals surface area contributed by atoms with E-state index in [2.05, 4.69) is 111 Å². The molecule has 0 saturated heterocycles. The summed E-state index contributed by atoms with van der Waals surface area (Å²) in [5.74, 6) is 1.91. The van der Waals surface area contributed by atoms with E-state index in [0.29, 0.717) is 38.3 Å². The maximum absolute atomic E-state index is 10.6. The predicted molar refractivity (Wildman–Crippen MR) is 192 cm³/mol. The van der Waals surface area contributed by atoms with Gasteiger partial charge in [-0.1, -0.05) is 91.0 Å². The van der Waals surface area contributed by atoms with Crippen LogP contribution in [0.5, 0.6) is 11.5 Å². The monoisotopic (exact) mass is 634 g/mol. The number of carboxylic acid groups (broad SMARTS) is 1. The minimum absolute atomic E-state index is 0.182. The highest BCUT2D eigenvalue weighted by atomic mass is 16.5. The summed E-state index contributed by atoms with van der Waals surface area (Å²) in [5.41, 5.74) is 5.85. The number of hydrogen-bond donors (Lipinski definition) is 2. The van der Waals surface area contributed by atoms with E-state index in [1.165, 1.54) is 11.1 Å². The first-order chi connectivity index (χ1) is 22.8. The zero-order valence-corrected chi connectivity index (χ0v) is 28.3. The molecular formula is C41H50N2O4. The molecule has 0 heterocycles. The quantitative estimate of drug-likeness (QED) is 0.107. The van der Waals surface area contributed by atoms with Crippen LogP contribution in [0.15, 0.2) is 109 Å². The fourth-order valence-corrected chi connectivity index (χ4v) is 5.92. The fourth-order valence-electron chi connectivity index (χ4n) is 5.92. The molecule has 0 saturated carbocycles. The SMILES string of the molecule is CC(C)N(CC[C@H](c1ccccc1)c1cc(C=CCCOc2ccc(CCNC(=O)O)cc2)ccc1OCc1ccccc1)C(C)C. The molecule has 2 N–H and O–H groups in total. The van der Waals surface area contributed by atoms with E-state index < -0.39 is 6.09 Å². The average molecular weight is 635 g/mol. The third-order valence-electron chi connectivity index (χ3n) is 8.33. The molecule has 0 aliphatic heterocycles. The second-order valence-corrected chi connectivity index (χ2v) is 12.4. The Kier molecular flexibility index (Phi) is 13.9. The van der Waals surface area contributed by atoms with Crippen molar-refractivity contribution in [2.24, 2.45) is 0 Å². The highest BCUT2D eigenvalue weighted by molar-refractivity contribution is 5.64. The minimum atomic E-state index is -1.00. The first kappa shape index (κ1) is 35.3. The Bertz CT molecular complexity index is 1510. The number of amides is 1. The molecule has 1 atom stereocenters. The van der Waals surface area contributed by atoms with Crippen LogP contribution in [0.3, 0.4) is 0 Å². The van der Waals surface area contributed by atoms with Gasteiger partial charge >= 0.3 is 6.09 Å². The Balaban J connectivity index is 1.49. The van der Waals surface area contributed by atoms with E-state index in [-0.39, 0.29) is 5.92 Å². The second kappa shape index (κ2) is 18.6. The Morgan fingerprint density at radius 2 is 1.51 bits per heavy atom. The zero-order valence-electron chi connectivity index (χ0n) is 28.3. The van der Waals surface area contributed by atoms with E-state index in [0.717, 1.165) is 47.6 Å². The van der Waals surface area contributed by atoms with Gasteiger partial charge < -0.3 is 19.9 Å². The smallest absolute Gasteiger partial charge is 0.404 e. The van der Waals surface area contributed by atoms with Crippen molar-refractivity contribution in [3.05, 3.63) is 137 Å². The maximum Gasteiger partial charge on any atom is 0.404 e. The van der Waals surface area contributed by atoms with Gasteiger partial charge in [0.1, 0.15) is 18.1 Å². The van der Waals surface area contributed by atoms with Crippen molar-refractivity contribution < 1.29 is 19.4 Å². The fraction of sp³-hybridized carbons (Fsp3) is 0.341. The molecule has 0 aliphatic rings. The molecule has 6 heteroatoms. The summed E-state index contributed by atoms with van der Waals surface area (Å²) in [6, 6.07) is 36.5. The first-order valence-corrected chi connectivity index (χ1v) is 16.8. The normalized spacial score (nSPS) is 12.1. The summed E-state index contributed by atoms with van der Waals surface area (Å²) in [4.78, 5) is 13.2. The Morgan fingerprint density at radius 3 is 2.17 bits per heavy atom. The summed E-state index contributed by atoms with van der Waals surface area (Å²) in [6.07, 6.45) is 5.72. The zero-order chi connectivity index (χ0) is 33.4. The molecular weight excluding hydrogens is 584 g/mol. The number of rotatable bonds is 18. The molecule has 6 nitrogen and oxygen atoms in total. The van der Waals surface area contributed by atoms with Gasteiger partial charge in [0, 0.05) is 30.1 Å². The van der Waals surface area contributed by atoms with Crippen LogP contribution in [0.4, 0.5) is 4.79 Å². The summed E-state index contributed by atoms with van der Waals surface area (Å²) in [5, 5.41) is 11.1. The number of ether oxygens (including phenoxy) is 2. The summed E-state index contributed by atoms with van der Waals surface area (Å²) >= 11 is 0. The molecule has 1 amide bonds. The van der Waals surface area contributed by atoms with Crippen molar-refractivity contribution in [3.8, 4) is 11.5 Å². The van der Waals surface area contributed by atoms with Gasteiger partial charge in [-0.25, -0.2) is 4.79 Å². The molecule has 4 aromatic carbocycles. The Morgan fingerprint density at radius 1 is 0.830 bits per heavy atom. The van der Waals surface area contributed by atoms with Crippen molar-refractivity contribution in [2.75, 3.05) is 19.7 Å². The lowest BCUT2D eigenvalue weighted by Gasteiger charge is -2.32. The van der Waals surface area contributed by atoms with Gasteiger partial charge in [-0.05, 0) is 100 Å². The van der Waals surface area contributed by atoms with Crippen LogP contribution in [0.25, 0.3) is 6.08 Å². The minimum Gasteiger partial charge on any atom is -0.493 e. The highest BCUT2D eigenvalue weighted by Gasteiger charge is 2.22.